The number of hydrogen-bond acceptors (Lipinski definition) is 10. The highest BCUT2D eigenvalue weighted by Gasteiger charge is 2.43. The molecule has 0 fully saturated rings. The second-order valence-electron chi connectivity index (χ2n) is 16.0. The summed E-state index contributed by atoms with van der Waals surface area (Å²) in [5.74, 6) is 2.47. The van der Waals surface area contributed by atoms with Crippen LogP contribution in [0.3, 0.4) is 0 Å². The topological polar surface area (TPSA) is 109 Å². The van der Waals surface area contributed by atoms with Crippen molar-refractivity contribution in [2.45, 2.75) is 64.2 Å². The molecule has 0 aliphatic carbocycles. The summed E-state index contributed by atoms with van der Waals surface area (Å²) in [7, 11) is 2.16. The van der Waals surface area contributed by atoms with E-state index in [9.17, 15) is 4.79 Å². The number of fused-ring (bicyclic) bond motifs is 2. The van der Waals surface area contributed by atoms with Crippen molar-refractivity contribution in [1.82, 2.24) is 5.32 Å². The molecule has 0 radical (unpaired) electrons. The highest BCUT2D eigenvalue weighted by Crippen LogP contribution is 2.48. The number of ether oxygens (including phenoxy) is 8. The number of terminal acetylenes is 1. The summed E-state index contributed by atoms with van der Waals surface area (Å²) >= 11 is 0. The molecule has 1 N–H and O–H groups in total. The van der Waals surface area contributed by atoms with Gasteiger partial charge in [0.25, 0.3) is 0 Å². The van der Waals surface area contributed by atoms with Crippen molar-refractivity contribution >= 4 is 23.0 Å². The molecule has 0 saturated heterocycles. The Morgan fingerprint density at radius 1 is 0.672 bits per heavy atom. The van der Waals surface area contributed by atoms with E-state index in [1.54, 1.807) is 0 Å². The second kappa shape index (κ2) is 27.9. The van der Waals surface area contributed by atoms with Gasteiger partial charge in [0.15, 0.2) is 5.71 Å². The van der Waals surface area contributed by atoms with Gasteiger partial charge in [-0.25, -0.2) is 0 Å². The fraction of sp³-hybridized carbons (Fsp3) is 0.592. The molecule has 12 nitrogen and oxygen atoms in total. The van der Waals surface area contributed by atoms with Gasteiger partial charge < -0.3 is 48.1 Å². The van der Waals surface area contributed by atoms with Crippen LogP contribution >= 0.6 is 0 Å². The Morgan fingerprint density at radius 2 is 1.18 bits per heavy atom. The zero-order valence-electron chi connectivity index (χ0n) is 37.6. The van der Waals surface area contributed by atoms with Crippen LogP contribution in [0.1, 0.15) is 64.5 Å². The number of allylic oxidation sites excluding steroid dienone is 4. The van der Waals surface area contributed by atoms with Gasteiger partial charge in [0, 0.05) is 54.0 Å². The number of rotatable bonds is 33. The van der Waals surface area contributed by atoms with Crippen LogP contribution in [0, 0.1) is 12.3 Å². The number of carbonyl (C=O) groups excluding carboxylic acids is 1. The molecule has 0 bridgehead atoms. The quantitative estimate of drug-likeness (QED) is 0.0495. The van der Waals surface area contributed by atoms with Gasteiger partial charge >= 0.3 is 0 Å². The molecule has 61 heavy (non-hydrogen) atoms. The van der Waals surface area contributed by atoms with E-state index in [1.807, 2.05) is 0 Å². The predicted molar refractivity (Wildman–Crippen MR) is 241 cm³/mol. The van der Waals surface area contributed by atoms with Crippen molar-refractivity contribution < 1.29 is 47.3 Å². The molecule has 4 rings (SSSR count). The van der Waals surface area contributed by atoms with Gasteiger partial charge in [0.1, 0.15) is 13.7 Å². The van der Waals surface area contributed by atoms with E-state index >= 15 is 0 Å². The maximum Gasteiger partial charge on any atom is 0.220 e. The van der Waals surface area contributed by atoms with Crippen LogP contribution in [0.4, 0.5) is 11.4 Å². The minimum atomic E-state index is -0.114. The standard InChI is InChI=1S/C49H71N3O9/c1-7-25-54-27-29-56-31-33-58-35-37-60-39-40-61-38-36-59-34-32-57-30-28-55-26-23-50-47(53)22-9-8-14-24-52-44-19-13-11-17-42(44)49(4,5)46(52)21-15-20-45-48(2,3)41-16-10-12-18-43(41)51(45)6/h1,10-13,15-21H,8-9,14,22-40H2,2-6H3/p+1. The Kier molecular flexibility index (Phi) is 22.8. The minimum Gasteiger partial charge on any atom is -0.377 e. The van der Waals surface area contributed by atoms with Gasteiger partial charge in [-0.3, -0.25) is 4.79 Å². The fourth-order valence-electron chi connectivity index (χ4n) is 7.67. The van der Waals surface area contributed by atoms with E-state index in [0.717, 1.165) is 25.8 Å². The van der Waals surface area contributed by atoms with Crippen molar-refractivity contribution in [3.8, 4) is 12.3 Å². The predicted octanol–water partition coefficient (Wildman–Crippen LogP) is 6.37. The Bertz CT molecular complexity index is 1730. The van der Waals surface area contributed by atoms with E-state index in [1.165, 1.54) is 33.9 Å². The third-order valence-corrected chi connectivity index (χ3v) is 10.9. The van der Waals surface area contributed by atoms with Crippen LogP contribution in [-0.2, 0) is 53.5 Å². The summed E-state index contributed by atoms with van der Waals surface area (Å²) in [6, 6.07) is 17.4. The van der Waals surface area contributed by atoms with Crippen molar-refractivity contribution in [3.05, 3.63) is 83.6 Å². The van der Waals surface area contributed by atoms with Crippen LogP contribution in [0.5, 0.6) is 0 Å². The third kappa shape index (κ3) is 16.4. The highest BCUT2D eigenvalue weighted by atomic mass is 16.6. The molecule has 2 aliphatic rings. The molecular weight excluding hydrogens is 775 g/mol. The average Bonchev–Trinajstić information content (AvgIpc) is 3.59. The molecule has 2 heterocycles. The Hall–Kier alpha value is -3.90. The first-order chi connectivity index (χ1) is 29.7. The number of nitrogens with one attached hydrogen (secondary N) is 1. The first kappa shape index (κ1) is 49.8. The molecule has 0 unspecified atom stereocenters. The smallest absolute Gasteiger partial charge is 0.220 e. The van der Waals surface area contributed by atoms with Gasteiger partial charge in [-0.05, 0) is 44.4 Å². The molecule has 0 spiro atoms. The van der Waals surface area contributed by atoms with E-state index < -0.39 is 0 Å². The summed E-state index contributed by atoms with van der Waals surface area (Å²) in [5.41, 5.74) is 7.67. The van der Waals surface area contributed by atoms with E-state index in [-0.39, 0.29) is 16.7 Å². The summed E-state index contributed by atoms with van der Waals surface area (Å²) in [6.45, 7) is 18.3. The lowest BCUT2D eigenvalue weighted by atomic mass is 9.81. The number of anilines is 1. The molecule has 0 aromatic heterocycles. The first-order valence-corrected chi connectivity index (χ1v) is 22.0. The van der Waals surface area contributed by atoms with Crippen molar-refractivity contribution in [3.63, 3.8) is 0 Å². The number of nitrogens with zero attached hydrogens (tertiary/aromatic N) is 2. The maximum atomic E-state index is 12.5. The lowest BCUT2D eigenvalue weighted by Crippen LogP contribution is -2.28. The average molecular weight is 847 g/mol. The van der Waals surface area contributed by atoms with Gasteiger partial charge in [-0.15, -0.1) is 6.42 Å². The van der Waals surface area contributed by atoms with Gasteiger partial charge in [-0.1, -0.05) is 68.7 Å². The van der Waals surface area contributed by atoms with Crippen LogP contribution < -0.4 is 10.2 Å². The maximum absolute atomic E-state index is 12.5. The monoisotopic (exact) mass is 847 g/mol. The molecule has 12 heteroatoms. The normalized spacial score (nSPS) is 15.8. The number of hydrogen-bond donors (Lipinski definition) is 1. The zero-order valence-corrected chi connectivity index (χ0v) is 37.6. The van der Waals surface area contributed by atoms with E-state index in [0.29, 0.717) is 119 Å². The number of amides is 1. The largest absolute Gasteiger partial charge is 0.377 e. The van der Waals surface area contributed by atoms with E-state index in [2.05, 4.69) is 122 Å². The molecule has 1 amide bonds. The number of benzene rings is 2. The Balaban J connectivity index is 0.969. The van der Waals surface area contributed by atoms with Gasteiger partial charge in [0.2, 0.25) is 11.6 Å². The molecule has 2 aliphatic heterocycles. The van der Waals surface area contributed by atoms with E-state index in [4.69, 9.17) is 44.3 Å². The molecule has 0 saturated carbocycles. The van der Waals surface area contributed by atoms with Crippen molar-refractivity contribution in [2.24, 2.45) is 0 Å². The highest BCUT2D eigenvalue weighted by molar-refractivity contribution is 6.03. The minimum absolute atomic E-state index is 0.0639. The lowest BCUT2D eigenvalue weighted by molar-refractivity contribution is -0.401. The molecule has 2 aromatic rings. The molecule has 0 atom stereocenters. The summed E-state index contributed by atoms with van der Waals surface area (Å²) < 4.78 is 45.9. The van der Waals surface area contributed by atoms with Crippen LogP contribution in [0.15, 0.2) is 72.5 Å². The van der Waals surface area contributed by atoms with Crippen LogP contribution in [0.2, 0.25) is 0 Å². The SMILES string of the molecule is C#CCOCCOCCOCCOCCOCCOCCOCCOCCNC(=O)CCCCCN1/C(=C\C=C\C2=[N+](C)c3ccccc3C2(C)C)C(C)(C)c2ccccc21. The lowest BCUT2D eigenvalue weighted by Gasteiger charge is -2.27. The summed E-state index contributed by atoms with van der Waals surface area (Å²) in [5, 5.41) is 2.98. The summed E-state index contributed by atoms with van der Waals surface area (Å²) in [4.78, 5) is 15.0. The zero-order chi connectivity index (χ0) is 43.6. The van der Waals surface area contributed by atoms with Gasteiger partial charge in [-0.2, -0.15) is 4.58 Å². The molecule has 336 valence electrons. The molecular formula is C49H72N3O9+. The third-order valence-electron chi connectivity index (χ3n) is 10.9. The van der Waals surface area contributed by atoms with Crippen molar-refractivity contribution in [1.29, 1.82) is 0 Å². The van der Waals surface area contributed by atoms with Crippen molar-refractivity contribution in [2.75, 3.05) is 131 Å². The van der Waals surface area contributed by atoms with Gasteiger partial charge in [0.05, 0.1) is 105 Å². The number of unbranched alkanes of at least 4 members (excludes halogenated alkanes) is 2. The summed E-state index contributed by atoms with van der Waals surface area (Å²) in [6.07, 6.45) is 15.3. The number of para-hydroxylation sites is 2. The first-order valence-electron chi connectivity index (χ1n) is 22.0. The Morgan fingerprint density at radius 3 is 1.74 bits per heavy atom. The fourth-order valence-corrected chi connectivity index (χ4v) is 7.67. The Labute approximate surface area is 365 Å². The van der Waals surface area contributed by atoms with Crippen LogP contribution in [-0.4, -0.2) is 142 Å². The van der Waals surface area contributed by atoms with Crippen LogP contribution in [0.25, 0.3) is 0 Å². The number of carbonyl (C=O) groups is 1. The second-order valence-corrected chi connectivity index (χ2v) is 16.0. The molecule has 2 aromatic carbocycles.